The first-order valence-corrected chi connectivity index (χ1v) is 8.86. The van der Waals surface area contributed by atoms with Gasteiger partial charge in [0.1, 0.15) is 10.7 Å². The minimum atomic E-state index is 0.212. The van der Waals surface area contributed by atoms with Crippen LogP contribution in [0.2, 0.25) is 10.4 Å². The minimum Gasteiger partial charge on any atom is -0.383 e. The van der Waals surface area contributed by atoms with Gasteiger partial charge >= 0.3 is 0 Å². The number of hydrogen-bond acceptors (Lipinski definition) is 6. The Morgan fingerprint density at radius 2 is 2.00 bits per heavy atom. The summed E-state index contributed by atoms with van der Waals surface area (Å²) < 4.78 is 5.14. The zero-order valence-corrected chi connectivity index (χ0v) is 15.1. The number of nitrogens with zero attached hydrogens (tertiary/aromatic N) is 4. The van der Waals surface area contributed by atoms with Crippen LogP contribution in [0.4, 0.5) is 5.82 Å². The van der Waals surface area contributed by atoms with E-state index in [9.17, 15) is 0 Å². The molecule has 8 heteroatoms. The van der Waals surface area contributed by atoms with Crippen LogP contribution in [0.1, 0.15) is 12.8 Å². The van der Waals surface area contributed by atoms with E-state index in [-0.39, 0.29) is 5.28 Å². The quantitative estimate of drug-likeness (QED) is 0.623. The summed E-state index contributed by atoms with van der Waals surface area (Å²) in [6.07, 6.45) is 2.31. The van der Waals surface area contributed by atoms with Crippen molar-refractivity contribution < 1.29 is 4.74 Å². The number of methoxy groups -OCH3 is 1. The van der Waals surface area contributed by atoms with E-state index in [0.29, 0.717) is 27.9 Å². The summed E-state index contributed by atoms with van der Waals surface area (Å²) in [4.78, 5) is 15.2. The molecule has 0 bridgehead atoms. The van der Waals surface area contributed by atoms with Gasteiger partial charge in [0, 0.05) is 20.2 Å². The van der Waals surface area contributed by atoms with Crippen molar-refractivity contribution in [1.82, 2.24) is 19.9 Å². The van der Waals surface area contributed by atoms with Crippen LogP contribution in [0.5, 0.6) is 0 Å². The molecule has 2 aromatic heterocycles. The van der Waals surface area contributed by atoms with Gasteiger partial charge in [-0.25, -0.2) is 9.97 Å². The smallest absolute Gasteiger partial charge is 0.225 e. The lowest BCUT2D eigenvalue weighted by molar-refractivity contribution is 0.122. The highest BCUT2D eigenvalue weighted by molar-refractivity contribution is 6.30. The SMILES string of the molecule is COCCN1CCC(CNc2nc(Cl)nc3ccc(Cl)nc23)CC1. The van der Waals surface area contributed by atoms with E-state index < -0.39 is 0 Å². The fourth-order valence-corrected chi connectivity index (χ4v) is 3.28. The van der Waals surface area contributed by atoms with Crippen molar-refractivity contribution in [2.45, 2.75) is 12.8 Å². The molecule has 0 aliphatic carbocycles. The summed E-state index contributed by atoms with van der Waals surface area (Å²) in [5, 5.41) is 4.01. The molecule has 0 radical (unpaired) electrons. The maximum absolute atomic E-state index is 6.01. The number of pyridine rings is 1. The van der Waals surface area contributed by atoms with Gasteiger partial charge in [-0.1, -0.05) is 11.6 Å². The molecule has 3 rings (SSSR count). The highest BCUT2D eigenvalue weighted by Crippen LogP contribution is 2.24. The molecule has 2 aromatic rings. The van der Waals surface area contributed by atoms with Crippen molar-refractivity contribution in [2.24, 2.45) is 5.92 Å². The molecule has 24 heavy (non-hydrogen) atoms. The Kier molecular flexibility index (Phi) is 6.05. The summed E-state index contributed by atoms with van der Waals surface area (Å²) in [7, 11) is 1.74. The molecule has 1 saturated heterocycles. The number of aromatic nitrogens is 3. The lowest BCUT2D eigenvalue weighted by Crippen LogP contribution is -2.37. The minimum absolute atomic E-state index is 0.212. The van der Waals surface area contributed by atoms with Crippen LogP contribution in [-0.2, 0) is 4.74 Å². The van der Waals surface area contributed by atoms with Crippen LogP contribution in [0.15, 0.2) is 12.1 Å². The number of fused-ring (bicyclic) bond motifs is 1. The molecule has 130 valence electrons. The van der Waals surface area contributed by atoms with Gasteiger partial charge in [-0.3, -0.25) is 0 Å². The van der Waals surface area contributed by atoms with Gasteiger partial charge in [0.25, 0.3) is 0 Å². The first-order chi connectivity index (χ1) is 11.7. The Bertz CT molecular complexity index is 691. The number of rotatable bonds is 6. The van der Waals surface area contributed by atoms with E-state index in [2.05, 4.69) is 25.2 Å². The highest BCUT2D eigenvalue weighted by Gasteiger charge is 2.19. The van der Waals surface area contributed by atoms with Crippen LogP contribution in [0.3, 0.4) is 0 Å². The van der Waals surface area contributed by atoms with Crippen molar-refractivity contribution >= 4 is 40.1 Å². The Hall–Kier alpha value is -1.21. The third kappa shape index (κ3) is 4.45. The van der Waals surface area contributed by atoms with Gasteiger partial charge in [-0.15, -0.1) is 0 Å². The molecule has 0 spiro atoms. The van der Waals surface area contributed by atoms with Gasteiger partial charge in [0.15, 0.2) is 5.82 Å². The molecule has 0 aromatic carbocycles. The van der Waals surface area contributed by atoms with Crippen molar-refractivity contribution in [2.75, 3.05) is 45.2 Å². The lowest BCUT2D eigenvalue weighted by Gasteiger charge is -2.31. The molecule has 0 saturated carbocycles. The molecule has 0 atom stereocenters. The molecule has 1 fully saturated rings. The second-order valence-corrected chi connectivity index (χ2v) is 6.73. The Morgan fingerprint density at radius 1 is 1.21 bits per heavy atom. The summed E-state index contributed by atoms with van der Waals surface area (Å²) in [6, 6.07) is 3.50. The monoisotopic (exact) mass is 369 g/mol. The van der Waals surface area contributed by atoms with Gasteiger partial charge < -0.3 is 15.0 Å². The van der Waals surface area contributed by atoms with Gasteiger partial charge in [-0.05, 0) is 55.6 Å². The Balaban J connectivity index is 1.61. The average Bonchev–Trinajstić information content (AvgIpc) is 2.59. The van der Waals surface area contributed by atoms with Gasteiger partial charge in [0.2, 0.25) is 5.28 Å². The van der Waals surface area contributed by atoms with Crippen molar-refractivity contribution in [3.8, 4) is 0 Å². The average molecular weight is 370 g/mol. The fraction of sp³-hybridized carbons (Fsp3) is 0.562. The molecule has 6 nitrogen and oxygen atoms in total. The zero-order valence-electron chi connectivity index (χ0n) is 13.6. The second kappa shape index (κ2) is 8.25. The molecular formula is C16H21Cl2N5O. The van der Waals surface area contributed by atoms with Crippen LogP contribution in [0, 0.1) is 5.92 Å². The molecular weight excluding hydrogens is 349 g/mol. The van der Waals surface area contributed by atoms with Crippen LogP contribution < -0.4 is 5.32 Å². The van der Waals surface area contributed by atoms with Gasteiger partial charge in [0.05, 0.1) is 12.1 Å². The molecule has 0 unspecified atom stereocenters. The summed E-state index contributed by atoms with van der Waals surface area (Å²) in [5.74, 6) is 1.25. The molecule has 1 N–H and O–H groups in total. The topological polar surface area (TPSA) is 63.2 Å². The summed E-state index contributed by atoms with van der Waals surface area (Å²) in [5.41, 5.74) is 1.35. The maximum atomic E-state index is 6.01. The predicted molar refractivity (Wildman–Crippen MR) is 96.9 cm³/mol. The highest BCUT2D eigenvalue weighted by atomic mass is 35.5. The van der Waals surface area contributed by atoms with E-state index in [1.165, 1.54) is 0 Å². The number of nitrogens with one attached hydrogen (secondary N) is 1. The van der Waals surface area contributed by atoms with Crippen molar-refractivity contribution in [3.05, 3.63) is 22.6 Å². The Labute approximate surface area is 151 Å². The third-order valence-electron chi connectivity index (χ3n) is 4.36. The Morgan fingerprint density at radius 3 is 2.75 bits per heavy atom. The van der Waals surface area contributed by atoms with Crippen LogP contribution in [-0.4, -0.2) is 59.7 Å². The molecule has 0 amide bonds. The largest absolute Gasteiger partial charge is 0.383 e. The zero-order chi connectivity index (χ0) is 16.9. The summed E-state index contributed by atoms with van der Waals surface area (Å²) in [6.45, 7) is 4.84. The predicted octanol–water partition coefficient (Wildman–Crippen LogP) is 3.10. The normalized spacial score (nSPS) is 16.6. The number of halogens is 2. The number of likely N-dealkylation sites (tertiary alicyclic amines) is 1. The van der Waals surface area contributed by atoms with E-state index in [1.807, 2.05) is 0 Å². The number of piperidine rings is 1. The van der Waals surface area contributed by atoms with E-state index in [1.54, 1.807) is 19.2 Å². The van der Waals surface area contributed by atoms with Crippen molar-refractivity contribution in [1.29, 1.82) is 0 Å². The number of anilines is 1. The summed E-state index contributed by atoms with van der Waals surface area (Å²) >= 11 is 12.0. The molecule has 3 heterocycles. The third-order valence-corrected chi connectivity index (χ3v) is 4.74. The maximum Gasteiger partial charge on any atom is 0.225 e. The standard InChI is InChI=1S/C16H21Cl2N5O/c1-24-9-8-23-6-4-11(5-7-23)10-19-15-14-12(20-16(18)22-15)2-3-13(17)21-14/h2-3,11H,4-10H2,1H3,(H,19,20,22). The molecule has 1 aliphatic heterocycles. The van der Waals surface area contributed by atoms with Gasteiger partial charge in [-0.2, -0.15) is 4.98 Å². The lowest BCUT2D eigenvalue weighted by atomic mass is 9.97. The number of hydrogen-bond donors (Lipinski definition) is 1. The number of ether oxygens (including phenoxy) is 1. The first kappa shape index (κ1) is 17.6. The second-order valence-electron chi connectivity index (χ2n) is 6.00. The van der Waals surface area contributed by atoms with Crippen molar-refractivity contribution in [3.63, 3.8) is 0 Å². The van der Waals surface area contributed by atoms with E-state index in [0.717, 1.165) is 45.6 Å². The van der Waals surface area contributed by atoms with Crippen LogP contribution in [0.25, 0.3) is 11.0 Å². The van der Waals surface area contributed by atoms with E-state index >= 15 is 0 Å². The van der Waals surface area contributed by atoms with Crippen LogP contribution >= 0.6 is 23.2 Å². The molecule has 1 aliphatic rings. The fourth-order valence-electron chi connectivity index (χ4n) is 2.96. The van der Waals surface area contributed by atoms with E-state index in [4.69, 9.17) is 27.9 Å². The first-order valence-electron chi connectivity index (χ1n) is 8.10.